The molecule has 0 radical (unpaired) electrons. The Kier molecular flexibility index (Phi) is 3.54. The first-order valence-corrected chi connectivity index (χ1v) is 5.60. The highest BCUT2D eigenvalue weighted by Crippen LogP contribution is 2.46. The van der Waals surface area contributed by atoms with Crippen molar-refractivity contribution < 1.29 is 0 Å². The van der Waals surface area contributed by atoms with Crippen LogP contribution in [-0.4, -0.2) is 13.1 Å². The minimum absolute atomic E-state index is 0.586. The summed E-state index contributed by atoms with van der Waals surface area (Å²) < 4.78 is 0. The van der Waals surface area contributed by atoms with Crippen LogP contribution in [0.5, 0.6) is 0 Å². The largest absolute Gasteiger partial charge is 0.317 e. The SMILES string of the molecule is C=C(C)C1=C(CC)C(C(C)NC)C1C. The highest BCUT2D eigenvalue weighted by molar-refractivity contribution is 5.44. The number of rotatable bonds is 4. The number of nitrogens with one attached hydrogen (secondary N) is 1. The maximum atomic E-state index is 4.07. The molecule has 0 aromatic rings. The van der Waals surface area contributed by atoms with Gasteiger partial charge in [0, 0.05) is 12.0 Å². The molecule has 0 aromatic heterocycles. The minimum Gasteiger partial charge on any atom is -0.317 e. The van der Waals surface area contributed by atoms with E-state index in [1.54, 1.807) is 5.57 Å². The lowest BCUT2D eigenvalue weighted by Crippen LogP contribution is -2.42. The van der Waals surface area contributed by atoms with E-state index in [0.29, 0.717) is 12.0 Å². The molecule has 1 rings (SSSR count). The predicted octanol–water partition coefficient (Wildman–Crippen LogP) is 3.14. The molecule has 3 unspecified atom stereocenters. The van der Waals surface area contributed by atoms with E-state index in [-0.39, 0.29) is 0 Å². The van der Waals surface area contributed by atoms with Crippen LogP contribution in [0, 0.1) is 11.8 Å². The normalized spacial score (nSPS) is 28.6. The van der Waals surface area contributed by atoms with Crippen molar-refractivity contribution in [1.82, 2.24) is 5.32 Å². The summed E-state index contributed by atoms with van der Waals surface area (Å²) in [4.78, 5) is 0. The Hall–Kier alpha value is -0.560. The molecule has 0 saturated carbocycles. The zero-order chi connectivity index (χ0) is 10.9. The lowest BCUT2D eigenvalue weighted by Gasteiger charge is -2.44. The average Bonchev–Trinajstić information content (AvgIpc) is 2.12. The summed E-state index contributed by atoms with van der Waals surface area (Å²) >= 11 is 0. The van der Waals surface area contributed by atoms with Crippen LogP contribution in [0.2, 0.25) is 0 Å². The van der Waals surface area contributed by atoms with Gasteiger partial charge in [0.15, 0.2) is 0 Å². The molecule has 0 fully saturated rings. The molecule has 0 aliphatic heterocycles. The van der Waals surface area contributed by atoms with Gasteiger partial charge < -0.3 is 5.32 Å². The van der Waals surface area contributed by atoms with E-state index in [4.69, 9.17) is 0 Å². The summed E-state index contributed by atoms with van der Waals surface area (Å²) in [6.45, 7) is 13.0. The van der Waals surface area contributed by atoms with Crippen LogP contribution in [0.4, 0.5) is 0 Å². The van der Waals surface area contributed by atoms with Crippen molar-refractivity contribution in [2.75, 3.05) is 7.05 Å². The first-order valence-electron chi connectivity index (χ1n) is 5.60. The summed E-state index contributed by atoms with van der Waals surface area (Å²) in [7, 11) is 2.05. The maximum absolute atomic E-state index is 4.07. The van der Waals surface area contributed by atoms with Crippen LogP contribution in [0.3, 0.4) is 0 Å². The standard InChI is InChI=1S/C13H23N/c1-7-11-12(8(2)3)9(4)13(11)10(5)14-6/h9-10,13-14H,2,7H2,1,3-6H3. The Bertz CT molecular complexity index is 262. The van der Waals surface area contributed by atoms with Crippen LogP contribution < -0.4 is 5.32 Å². The maximum Gasteiger partial charge on any atom is 0.0107 e. The van der Waals surface area contributed by atoms with Crippen LogP contribution in [0.15, 0.2) is 23.3 Å². The van der Waals surface area contributed by atoms with E-state index in [1.165, 1.54) is 17.6 Å². The van der Waals surface area contributed by atoms with E-state index in [0.717, 1.165) is 5.92 Å². The van der Waals surface area contributed by atoms with Gasteiger partial charge in [-0.25, -0.2) is 0 Å². The third kappa shape index (κ3) is 1.66. The zero-order valence-corrected chi connectivity index (χ0v) is 10.1. The molecule has 3 atom stereocenters. The Morgan fingerprint density at radius 2 is 2.14 bits per heavy atom. The lowest BCUT2D eigenvalue weighted by atomic mass is 9.63. The van der Waals surface area contributed by atoms with Gasteiger partial charge >= 0.3 is 0 Å². The second kappa shape index (κ2) is 4.31. The van der Waals surface area contributed by atoms with E-state index in [2.05, 4.69) is 39.6 Å². The van der Waals surface area contributed by atoms with Crippen molar-refractivity contribution >= 4 is 0 Å². The van der Waals surface area contributed by atoms with Gasteiger partial charge in [0.25, 0.3) is 0 Å². The highest BCUT2D eigenvalue weighted by Gasteiger charge is 2.38. The van der Waals surface area contributed by atoms with Crippen molar-refractivity contribution in [3.05, 3.63) is 23.3 Å². The molecule has 1 aliphatic rings. The molecular weight excluding hydrogens is 170 g/mol. The van der Waals surface area contributed by atoms with E-state index >= 15 is 0 Å². The van der Waals surface area contributed by atoms with E-state index in [1.807, 2.05) is 7.05 Å². The Balaban J connectivity index is 2.91. The van der Waals surface area contributed by atoms with Gasteiger partial charge in [0.1, 0.15) is 0 Å². The van der Waals surface area contributed by atoms with Gasteiger partial charge in [-0.15, -0.1) is 0 Å². The second-order valence-electron chi connectivity index (χ2n) is 4.46. The smallest absolute Gasteiger partial charge is 0.0107 e. The Morgan fingerprint density at radius 3 is 2.50 bits per heavy atom. The number of allylic oxidation sites excluding steroid dienone is 2. The molecule has 80 valence electrons. The van der Waals surface area contributed by atoms with Gasteiger partial charge in [-0.3, -0.25) is 0 Å². The predicted molar refractivity (Wildman–Crippen MR) is 63.3 cm³/mol. The molecular formula is C13H23N. The second-order valence-corrected chi connectivity index (χ2v) is 4.46. The average molecular weight is 193 g/mol. The summed E-state index contributed by atoms with van der Waals surface area (Å²) in [5, 5.41) is 3.36. The fourth-order valence-corrected chi connectivity index (χ4v) is 2.86. The van der Waals surface area contributed by atoms with Crippen molar-refractivity contribution in [2.45, 2.75) is 40.2 Å². The van der Waals surface area contributed by atoms with E-state index < -0.39 is 0 Å². The quantitative estimate of drug-likeness (QED) is 0.723. The van der Waals surface area contributed by atoms with Crippen molar-refractivity contribution in [2.24, 2.45) is 11.8 Å². The molecule has 0 spiro atoms. The monoisotopic (exact) mass is 193 g/mol. The van der Waals surface area contributed by atoms with Crippen LogP contribution >= 0.6 is 0 Å². The fraction of sp³-hybridized carbons (Fsp3) is 0.692. The van der Waals surface area contributed by atoms with Crippen molar-refractivity contribution in [1.29, 1.82) is 0 Å². The van der Waals surface area contributed by atoms with Gasteiger partial charge in [0.05, 0.1) is 0 Å². The Morgan fingerprint density at radius 1 is 1.57 bits per heavy atom. The van der Waals surface area contributed by atoms with Crippen molar-refractivity contribution in [3.63, 3.8) is 0 Å². The van der Waals surface area contributed by atoms with Gasteiger partial charge in [-0.05, 0) is 38.8 Å². The molecule has 0 aromatic carbocycles. The van der Waals surface area contributed by atoms with E-state index in [9.17, 15) is 0 Å². The molecule has 1 heteroatoms. The van der Waals surface area contributed by atoms with Gasteiger partial charge in [-0.2, -0.15) is 0 Å². The molecule has 0 saturated heterocycles. The Labute approximate surface area is 88.3 Å². The number of hydrogen-bond donors (Lipinski definition) is 1. The van der Waals surface area contributed by atoms with Crippen LogP contribution in [0.1, 0.15) is 34.1 Å². The van der Waals surface area contributed by atoms with Crippen LogP contribution in [-0.2, 0) is 0 Å². The fourth-order valence-electron chi connectivity index (χ4n) is 2.86. The van der Waals surface area contributed by atoms with Crippen LogP contribution in [0.25, 0.3) is 0 Å². The molecule has 14 heavy (non-hydrogen) atoms. The summed E-state index contributed by atoms with van der Waals surface area (Å²) in [6.07, 6.45) is 1.17. The topological polar surface area (TPSA) is 12.0 Å². The lowest BCUT2D eigenvalue weighted by molar-refractivity contribution is 0.308. The van der Waals surface area contributed by atoms with Crippen molar-refractivity contribution in [3.8, 4) is 0 Å². The summed E-state index contributed by atoms with van der Waals surface area (Å²) in [5.41, 5.74) is 4.40. The first-order chi connectivity index (χ1) is 6.54. The summed E-state index contributed by atoms with van der Waals surface area (Å²) in [6, 6.07) is 0.586. The number of hydrogen-bond acceptors (Lipinski definition) is 1. The highest BCUT2D eigenvalue weighted by atomic mass is 14.9. The minimum atomic E-state index is 0.586. The van der Waals surface area contributed by atoms with Gasteiger partial charge in [-0.1, -0.05) is 31.6 Å². The van der Waals surface area contributed by atoms with Gasteiger partial charge in [0.2, 0.25) is 0 Å². The molecule has 1 aliphatic carbocycles. The molecule has 1 nitrogen and oxygen atoms in total. The third-order valence-electron chi connectivity index (χ3n) is 3.58. The molecule has 1 N–H and O–H groups in total. The molecule has 0 bridgehead atoms. The third-order valence-corrected chi connectivity index (χ3v) is 3.58. The first kappa shape index (κ1) is 11.5. The summed E-state index contributed by atoms with van der Waals surface area (Å²) in [5.74, 6) is 1.40. The molecule has 0 amide bonds. The zero-order valence-electron chi connectivity index (χ0n) is 10.1. The molecule has 0 heterocycles.